The molecule has 7 nitrogen and oxygen atoms in total. The number of hydrogen-bond acceptors (Lipinski definition) is 6. The van der Waals surface area contributed by atoms with E-state index in [1.807, 2.05) is 103 Å². The van der Waals surface area contributed by atoms with Gasteiger partial charge in [0.2, 0.25) is 5.95 Å². The number of nitrogens with zero attached hydrogens (tertiary/aromatic N) is 5. The summed E-state index contributed by atoms with van der Waals surface area (Å²) in [6.07, 6.45) is 6.96. The Morgan fingerprint density at radius 3 is 1.41 bits per heavy atom. The zero-order chi connectivity index (χ0) is 31.7. The molecule has 0 aliphatic rings. The van der Waals surface area contributed by atoms with Crippen LogP contribution in [0, 0.1) is 38.1 Å². The van der Waals surface area contributed by atoms with E-state index in [1.165, 1.54) is 0 Å². The summed E-state index contributed by atoms with van der Waals surface area (Å²) in [6, 6.07) is 42.8. The maximum absolute atomic E-state index is 6.34. The minimum atomic E-state index is 0. The molecule has 4 aromatic heterocycles. The van der Waals surface area contributed by atoms with Crippen LogP contribution in [0.2, 0.25) is 0 Å². The van der Waals surface area contributed by atoms with E-state index in [2.05, 4.69) is 44.2 Å². The molecule has 0 fully saturated rings. The summed E-state index contributed by atoms with van der Waals surface area (Å²) in [5, 5.41) is 1.90. The second-order valence-corrected chi connectivity index (χ2v) is 11.1. The molecule has 0 saturated heterocycles. The van der Waals surface area contributed by atoms with Crippen molar-refractivity contribution >= 4 is 21.8 Å². The average Bonchev–Trinajstić information content (AvgIpc) is 3.41. The van der Waals surface area contributed by atoms with Gasteiger partial charge in [0.15, 0.2) is 0 Å². The number of ether oxygens (including phenoxy) is 2. The van der Waals surface area contributed by atoms with Crippen LogP contribution in [-0.4, -0.2) is 24.5 Å². The van der Waals surface area contributed by atoms with Crippen molar-refractivity contribution in [1.82, 2.24) is 24.5 Å². The van der Waals surface area contributed by atoms with Gasteiger partial charge in [-0.2, -0.15) is 22.9 Å². The molecule has 0 atom stereocenters. The molecule has 0 unspecified atom stereocenters. The molecule has 8 aromatic rings. The Hall–Kier alpha value is -4.96. The van der Waals surface area contributed by atoms with E-state index in [1.54, 1.807) is 30.9 Å². The van der Waals surface area contributed by atoms with Gasteiger partial charge in [-0.3, -0.25) is 0 Å². The van der Waals surface area contributed by atoms with Gasteiger partial charge in [0, 0.05) is 47.8 Å². The Morgan fingerprint density at radius 1 is 0.490 bits per heavy atom. The second-order valence-electron chi connectivity index (χ2n) is 11.1. The summed E-state index contributed by atoms with van der Waals surface area (Å²) in [5.41, 5.74) is 6.92. The molecule has 0 saturated carbocycles. The number of fused-ring (bicyclic) bond motifs is 3. The quantitative estimate of drug-likeness (QED) is 0.149. The largest absolute Gasteiger partial charge is 2.00 e. The zero-order valence-corrected chi connectivity index (χ0v) is 30.7. The maximum Gasteiger partial charge on any atom is 2.00 e. The summed E-state index contributed by atoms with van der Waals surface area (Å²) in [5.74, 6) is 2.68. The number of benzene rings is 4. The molecule has 0 aliphatic heterocycles. The molecule has 0 N–H and O–H groups in total. The van der Waals surface area contributed by atoms with Crippen molar-refractivity contribution in [1.29, 1.82) is 0 Å². The third-order valence-corrected chi connectivity index (χ3v) is 7.58. The molecule has 0 aliphatic carbocycles. The fourth-order valence-electron chi connectivity index (χ4n) is 5.58. The van der Waals surface area contributed by atoms with Crippen LogP contribution >= 0.6 is 0 Å². The zero-order valence-electron chi connectivity index (χ0n) is 26.2. The molecule has 4 heterocycles. The molecule has 242 valence electrons. The van der Waals surface area contributed by atoms with E-state index >= 15 is 0 Å². The summed E-state index contributed by atoms with van der Waals surface area (Å²) in [7, 11) is 0. The topological polar surface area (TPSA) is 75.0 Å². The second kappa shape index (κ2) is 14.7. The predicted octanol–water partition coefficient (Wildman–Crippen LogP) is 9.09. The Balaban J connectivity index is 0.00000208. The van der Waals surface area contributed by atoms with Crippen LogP contribution in [0.15, 0.2) is 116 Å². The number of hydrogen-bond donors (Lipinski definition) is 0. The fraction of sp³-hybridized carbons (Fsp3) is 0.0500. The summed E-state index contributed by atoms with van der Waals surface area (Å²) < 4.78 is 14.6. The number of rotatable bonds is 7. The van der Waals surface area contributed by atoms with Gasteiger partial charge in [0.1, 0.15) is 0 Å². The van der Waals surface area contributed by atoms with Gasteiger partial charge >= 0.3 is 42.1 Å². The molecule has 49 heavy (non-hydrogen) atoms. The van der Waals surface area contributed by atoms with Crippen molar-refractivity contribution in [2.75, 3.05) is 0 Å². The minimum absolute atomic E-state index is 0. The first-order valence-corrected chi connectivity index (χ1v) is 15.0. The molecule has 0 spiro atoms. The Kier molecular flexibility index (Phi) is 10.1. The van der Waals surface area contributed by atoms with Crippen LogP contribution in [-0.2, 0) is 42.1 Å². The van der Waals surface area contributed by atoms with E-state index in [9.17, 15) is 0 Å². The Morgan fingerprint density at radius 2 is 0.959 bits per heavy atom. The van der Waals surface area contributed by atoms with Crippen LogP contribution < -0.4 is 9.47 Å². The van der Waals surface area contributed by atoms with Crippen LogP contribution in [0.3, 0.4) is 0 Å². The Labute approximate surface area is 312 Å². The van der Waals surface area contributed by atoms with E-state index in [-0.39, 0.29) is 42.1 Å². The van der Waals surface area contributed by atoms with Crippen LogP contribution in [0.5, 0.6) is 23.0 Å². The molecule has 0 bridgehead atoms. The molecule has 4 aromatic carbocycles. The maximum atomic E-state index is 6.34. The molecular formula is C40H25N5O2Pt2. The predicted molar refractivity (Wildman–Crippen MR) is 181 cm³/mol. The van der Waals surface area contributed by atoms with Crippen molar-refractivity contribution in [3.63, 3.8) is 0 Å². The van der Waals surface area contributed by atoms with E-state index < -0.39 is 0 Å². The van der Waals surface area contributed by atoms with Crippen molar-refractivity contribution in [3.8, 4) is 51.5 Å². The molecule has 8 rings (SSSR count). The normalized spacial score (nSPS) is 10.7. The van der Waals surface area contributed by atoms with Crippen molar-refractivity contribution < 1.29 is 51.6 Å². The van der Waals surface area contributed by atoms with Gasteiger partial charge in [-0.1, -0.05) is 73.4 Å². The fourth-order valence-corrected chi connectivity index (χ4v) is 5.58. The summed E-state index contributed by atoms with van der Waals surface area (Å²) >= 11 is 0. The van der Waals surface area contributed by atoms with Gasteiger partial charge in [-0.25, -0.2) is 9.97 Å². The van der Waals surface area contributed by atoms with E-state index in [0.717, 1.165) is 55.4 Å². The van der Waals surface area contributed by atoms with Gasteiger partial charge in [-0.05, 0) is 29.6 Å². The van der Waals surface area contributed by atoms with E-state index in [0.29, 0.717) is 28.9 Å². The summed E-state index contributed by atoms with van der Waals surface area (Å²) in [6.45, 7) is 4.04. The van der Waals surface area contributed by atoms with Crippen molar-refractivity contribution in [2.24, 2.45) is 0 Å². The van der Waals surface area contributed by atoms with Crippen LogP contribution in [0.4, 0.5) is 0 Å². The SMILES string of the molecule is Cc1cc(Oc2[c-]c3c(cc2)c2ccc(Oc4[c-]c(-c5ccccn5)cc(C)c4)[c-]c2n3-c2ncccn2)[c-]c(-c2ccccn2)c1.[Pt+2].[Pt+2]. The number of aromatic nitrogens is 5. The minimum Gasteiger partial charge on any atom is -0.503 e. The number of aryl methyl sites for hydroxylation is 2. The van der Waals surface area contributed by atoms with Crippen LogP contribution in [0.1, 0.15) is 11.1 Å². The third-order valence-electron chi connectivity index (χ3n) is 7.58. The standard InChI is InChI=1S/C40H25N5O2.2Pt/c1-26-18-28(36-8-3-5-14-41-36)22-32(20-26)46-30-10-12-34-35-13-11-31(25-39(35)45(38(34)24-30)40-43-16-7-17-44-40)47-33-21-27(2)19-29(23-33)37-9-4-6-15-42-37;;/h3-21H,1-2H3;;/q-4;2*+2. The van der Waals surface area contributed by atoms with Crippen molar-refractivity contribution in [2.45, 2.75) is 13.8 Å². The van der Waals surface area contributed by atoms with Gasteiger partial charge in [-0.15, -0.1) is 58.7 Å². The van der Waals surface area contributed by atoms with Gasteiger partial charge < -0.3 is 24.0 Å². The number of pyridine rings is 2. The first kappa shape index (κ1) is 33.9. The molecule has 0 radical (unpaired) electrons. The van der Waals surface area contributed by atoms with E-state index in [4.69, 9.17) is 9.47 Å². The first-order chi connectivity index (χ1) is 23.1. The molecule has 9 heteroatoms. The van der Waals surface area contributed by atoms with Crippen molar-refractivity contribution in [3.05, 3.63) is 151 Å². The first-order valence-electron chi connectivity index (χ1n) is 15.0. The van der Waals surface area contributed by atoms with Crippen LogP contribution in [0.25, 0.3) is 50.3 Å². The average molecular weight is 998 g/mol. The Bertz CT molecular complexity index is 2240. The van der Waals surface area contributed by atoms with Gasteiger partial charge in [0.25, 0.3) is 0 Å². The smallest absolute Gasteiger partial charge is 0.503 e. The monoisotopic (exact) mass is 997 g/mol. The van der Waals surface area contributed by atoms with Gasteiger partial charge in [0.05, 0.1) is 0 Å². The molecule has 0 amide bonds. The summed E-state index contributed by atoms with van der Waals surface area (Å²) in [4.78, 5) is 18.1. The molecular weight excluding hydrogens is 973 g/mol. The third kappa shape index (κ3) is 7.10.